The van der Waals surface area contributed by atoms with Gasteiger partial charge in [-0.15, -0.1) is 12.4 Å². The molecule has 0 bridgehead atoms. The molecule has 9 nitrogen and oxygen atoms in total. The quantitative estimate of drug-likeness (QED) is 0.322. The number of unbranched alkanes of at least 4 members (excludes halogenated alkanes) is 1. The van der Waals surface area contributed by atoms with Crippen LogP contribution in [0.15, 0.2) is 42.5 Å². The summed E-state index contributed by atoms with van der Waals surface area (Å²) >= 11 is 0. The van der Waals surface area contributed by atoms with Gasteiger partial charge in [-0.1, -0.05) is 62.9 Å². The summed E-state index contributed by atoms with van der Waals surface area (Å²) in [4.78, 5) is 43.1. The zero-order chi connectivity index (χ0) is 31.3. The van der Waals surface area contributed by atoms with Gasteiger partial charge in [-0.2, -0.15) is 0 Å². The van der Waals surface area contributed by atoms with Crippen LogP contribution in [0.3, 0.4) is 0 Å². The molecule has 5 rings (SSSR count). The highest BCUT2D eigenvalue weighted by atomic mass is 35.5. The molecule has 1 aliphatic carbocycles. The van der Waals surface area contributed by atoms with E-state index >= 15 is 0 Å². The van der Waals surface area contributed by atoms with Crippen LogP contribution in [-0.4, -0.2) is 82.2 Å². The molecule has 0 unspecified atom stereocenters. The summed E-state index contributed by atoms with van der Waals surface area (Å²) in [6.07, 6.45) is 7.82. The average molecular weight is 642 g/mol. The highest BCUT2D eigenvalue weighted by Crippen LogP contribution is 2.36. The first kappa shape index (κ1) is 34.7. The number of carbonyl (C=O) groups is 3. The maximum atomic E-state index is 13.9. The summed E-state index contributed by atoms with van der Waals surface area (Å²) in [7, 11) is 1.55. The topological polar surface area (TPSA) is 119 Å². The Morgan fingerprint density at radius 3 is 2.33 bits per heavy atom. The molecule has 1 saturated carbocycles. The number of aliphatic hydroxyl groups excluding tert-OH is 1. The predicted octanol–water partition coefficient (Wildman–Crippen LogP) is 4.81. The molecule has 0 aromatic heterocycles. The summed E-state index contributed by atoms with van der Waals surface area (Å²) in [6.45, 7) is 4.79. The number of aromatic carboxylic acids is 1. The van der Waals surface area contributed by atoms with Crippen LogP contribution in [0.25, 0.3) is 0 Å². The third kappa shape index (κ3) is 7.64. The number of carboxylic acid groups (broad SMARTS) is 1. The monoisotopic (exact) mass is 641 g/mol. The molecule has 2 aromatic carbocycles. The van der Waals surface area contributed by atoms with Crippen molar-refractivity contribution in [3.63, 3.8) is 0 Å². The Labute approximate surface area is 272 Å². The molecule has 3 N–H and O–H groups in total. The van der Waals surface area contributed by atoms with Crippen LogP contribution in [-0.2, 0) is 22.6 Å². The molecule has 246 valence electrons. The van der Waals surface area contributed by atoms with Crippen LogP contribution in [0.2, 0.25) is 0 Å². The largest absolute Gasteiger partial charge is 0.496 e. The lowest BCUT2D eigenvalue weighted by atomic mass is 9.78. The van der Waals surface area contributed by atoms with Crippen molar-refractivity contribution in [1.29, 1.82) is 0 Å². The number of likely N-dealkylation sites (tertiary alicyclic amines) is 1. The molecular weight excluding hydrogens is 594 g/mol. The van der Waals surface area contributed by atoms with E-state index in [2.05, 4.69) is 41.4 Å². The minimum absolute atomic E-state index is 0. The Kier molecular flexibility index (Phi) is 11.9. The first-order chi connectivity index (χ1) is 21.3. The molecule has 2 aromatic rings. The van der Waals surface area contributed by atoms with Crippen molar-refractivity contribution in [1.82, 2.24) is 15.1 Å². The van der Waals surface area contributed by atoms with Crippen molar-refractivity contribution in [2.75, 3.05) is 26.7 Å². The number of ether oxygens (including phenoxy) is 1. The van der Waals surface area contributed by atoms with Crippen molar-refractivity contribution in [3.05, 3.63) is 64.7 Å². The molecule has 2 aliphatic heterocycles. The van der Waals surface area contributed by atoms with E-state index in [1.54, 1.807) is 25.3 Å². The Hall–Kier alpha value is -3.14. The predicted molar refractivity (Wildman–Crippen MR) is 175 cm³/mol. The number of aliphatic hydroxyl groups is 1. The maximum Gasteiger partial charge on any atom is 0.335 e. The van der Waals surface area contributed by atoms with Crippen LogP contribution in [0, 0.1) is 5.92 Å². The Bertz CT molecular complexity index is 1320. The van der Waals surface area contributed by atoms with E-state index in [0.717, 1.165) is 56.2 Å². The van der Waals surface area contributed by atoms with Crippen molar-refractivity contribution < 1.29 is 29.3 Å². The smallest absolute Gasteiger partial charge is 0.335 e. The molecule has 2 atom stereocenters. The third-order valence-electron chi connectivity index (χ3n) is 10.0. The number of carbonyl (C=O) groups excluding carboxylic acids is 2. The number of hydrogen-bond acceptors (Lipinski definition) is 6. The van der Waals surface area contributed by atoms with Gasteiger partial charge in [-0.05, 0) is 66.8 Å². The lowest BCUT2D eigenvalue weighted by Gasteiger charge is -2.52. The second-order valence-electron chi connectivity index (χ2n) is 12.8. The lowest BCUT2D eigenvalue weighted by molar-refractivity contribution is -0.166. The van der Waals surface area contributed by atoms with E-state index in [-0.39, 0.29) is 35.7 Å². The fourth-order valence-electron chi connectivity index (χ4n) is 7.30. The normalized spacial score (nSPS) is 21.2. The Morgan fingerprint density at radius 2 is 1.71 bits per heavy atom. The number of carboxylic acids is 1. The molecule has 3 fully saturated rings. The van der Waals surface area contributed by atoms with Crippen molar-refractivity contribution in [3.8, 4) is 5.75 Å². The summed E-state index contributed by atoms with van der Waals surface area (Å²) in [5.41, 5.74) is 2.53. The van der Waals surface area contributed by atoms with Gasteiger partial charge in [0.05, 0.1) is 18.8 Å². The van der Waals surface area contributed by atoms with Gasteiger partial charge in [0.1, 0.15) is 17.3 Å². The van der Waals surface area contributed by atoms with Gasteiger partial charge in [0.15, 0.2) is 0 Å². The number of halogens is 1. The number of piperazine rings is 1. The van der Waals surface area contributed by atoms with Crippen LogP contribution in [0.4, 0.5) is 0 Å². The number of benzene rings is 2. The Morgan fingerprint density at radius 1 is 1.04 bits per heavy atom. The summed E-state index contributed by atoms with van der Waals surface area (Å²) in [6, 6.07) is 12.5. The molecule has 3 aliphatic rings. The fourth-order valence-corrected chi connectivity index (χ4v) is 7.30. The number of nitrogens with one attached hydrogen (secondary N) is 1. The number of rotatable bonds is 11. The standard InChI is InChI=1S/C35H47N3O6.ClH/c1-3-4-18-38-32(40)30(31(39)26-8-6-5-7-9-26)36-34(43)35(38)16-19-37(20-17-35)23-25-12-10-24(11-13-25)21-27-14-15-28(33(41)42)22-29(27)44-2;/h10-15,22,26,30-31,39H,3-9,16-21,23H2,1-2H3,(H,36,43)(H,41,42);1H/t30-,31-;/m1./s1. The van der Waals surface area contributed by atoms with E-state index in [0.29, 0.717) is 44.6 Å². The molecule has 2 amide bonds. The van der Waals surface area contributed by atoms with E-state index < -0.39 is 23.7 Å². The maximum absolute atomic E-state index is 13.9. The first-order valence-electron chi connectivity index (χ1n) is 16.3. The summed E-state index contributed by atoms with van der Waals surface area (Å²) < 4.78 is 5.43. The van der Waals surface area contributed by atoms with Crippen molar-refractivity contribution in [2.24, 2.45) is 5.92 Å². The fraction of sp³-hybridized carbons (Fsp3) is 0.571. The second-order valence-corrected chi connectivity index (χ2v) is 12.8. The minimum Gasteiger partial charge on any atom is -0.496 e. The molecule has 2 saturated heterocycles. The third-order valence-corrected chi connectivity index (χ3v) is 10.0. The molecule has 2 heterocycles. The zero-order valence-electron chi connectivity index (χ0n) is 26.5. The van der Waals surface area contributed by atoms with Crippen LogP contribution in [0.1, 0.15) is 91.8 Å². The van der Waals surface area contributed by atoms with Crippen molar-refractivity contribution in [2.45, 2.75) is 95.4 Å². The Balaban J connectivity index is 0.00000461. The van der Waals surface area contributed by atoms with E-state index in [1.165, 1.54) is 12.0 Å². The molecule has 45 heavy (non-hydrogen) atoms. The van der Waals surface area contributed by atoms with E-state index in [1.807, 2.05) is 4.90 Å². The number of methoxy groups -OCH3 is 1. The lowest BCUT2D eigenvalue weighted by Crippen LogP contribution is -2.75. The van der Waals surface area contributed by atoms with Crippen LogP contribution in [0.5, 0.6) is 5.75 Å². The zero-order valence-corrected chi connectivity index (χ0v) is 27.3. The van der Waals surface area contributed by atoms with Crippen molar-refractivity contribution >= 4 is 30.2 Å². The van der Waals surface area contributed by atoms with E-state index in [9.17, 15) is 24.6 Å². The minimum atomic E-state index is -0.982. The average Bonchev–Trinajstić information content (AvgIpc) is 3.05. The molecule has 1 spiro atoms. The molecular formula is C35H48ClN3O6. The highest BCUT2D eigenvalue weighted by molar-refractivity contribution is 6.00. The SMILES string of the molecule is CCCCN1C(=O)[C@@H]([C@H](O)C2CCCCC2)NC(=O)C12CCN(Cc1ccc(Cc3ccc(C(=O)O)cc3OC)cc1)CC2.Cl. The number of piperidine rings is 1. The van der Waals surface area contributed by atoms with Gasteiger partial charge in [-0.25, -0.2) is 4.79 Å². The van der Waals surface area contributed by atoms with Gasteiger partial charge < -0.3 is 25.2 Å². The van der Waals surface area contributed by atoms with Crippen LogP contribution < -0.4 is 10.1 Å². The van der Waals surface area contributed by atoms with Gasteiger partial charge in [0.25, 0.3) is 0 Å². The second kappa shape index (κ2) is 15.4. The van der Waals surface area contributed by atoms with E-state index in [4.69, 9.17) is 4.74 Å². The summed E-state index contributed by atoms with van der Waals surface area (Å²) in [5, 5.41) is 23.4. The number of hydrogen-bond donors (Lipinski definition) is 3. The van der Waals surface area contributed by atoms with Gasteiger partial charge in [0, 0.05) is 32.6 Å². The molecule has 0 radical (unpaired) electrons. The van der Waals surface area contributed by atoms with Gasteiger partial charge in [-0.3, -0.25) is 14.5 Å². The number of amides is 2. The first-order valence-corrected chi connectivity index (χ1v) is 16.3. The molecule has 10 heteroatoms. The summed E-state index contributed by atoms with van der Waals surface area (Å²) in [5.74, 6) is -0.583. The van der Waals surface area contributed by atoms with Gasteiger partial charge >= 0.3 is 5.97 Å². The van der Waals surface area contributed by atoms with Crippen LogP contribution >= 0.6 is 12.4 Å². The number of nitrogens with zero attached hydrogens (tertiary/aromatic N) is 2. The highest BCUT2D eigenvalue weighted by Gasteiger charge is 2.55. The van der Waals surface area contributed by atoms with Gasteiger partial charge in [0.2, 0.25) is 11.8 Å².